The van der Waals surface area contributed by atoms with Crippen molar-refractivity contribution in [3.63, 3.8) is 0 Å². The summed E-state index contributed by atoms with van der Waals surface area (Å²) in [6, 6.07) is 7.21. The van der Waals surface area contributed by atoms with Gasteiger partial charge in [0.15, 0.2) is 0 Å². The zero-order valence-corrected chi connectivity index (χ0v) is 14.0. The molecule has 2 saturated heterocycles. The highest BCUT2D eigenvalue weighted by Crippen LogP contribution is 2.19. The molecule has 1 N–H and O–H groups in total. The molecule has 130 valence electrons. The number of likely N-dealkylation sites (tertiary alicyclic amines) is 1. The Balaban J connectivity index is 1.49. The summed E-state index contributed by atoms with van der Waals surface area (Å²) in [6.07, 6.45) is 3.07. The van der Waals surface area contributed by atoms with Gasteiger partial charge in [-0.1, -0.05) is 6.07 Å². The number of carbonyl (C=O) groups is 2. The van der Waals surface area contributed by atoms with E-state index in [1.807, 2.05) is 11.0 Å². The first kappa shape index (κ1) is 16.8. The molecule has 0 bridgehead atoms. The van der Waals surface area contributed by atoms with Crippen LogP contribution in [0.5, 0.6) is 5.75 Å². The third-order valence-corrected chi connectivity index (χ3v) is 4.68. The Morgan fingerprint density at radius 1 is 1.25 bits per heavy atom. The molecule has 0 saturated carbocycles. The highest BCUT2D eigenvalue weighted by Gasteiger charge is 2.31. The van der Waals surface area contributed by atoms with Gasteiger partial charge < -0.3 is 19.7 Å². The Morgan fingerprint density at radius 2 is 2.04 bits per heavy atom. The second-order valence-corrected chi connectivity index (χ2v) is 6.31. The predicted molar refractivity (Wildman–Crippen MR) is 89.0 cm³/mol. The van der Waals surface area contributed by atoms with E-state index in [0.717, 1.165) is 25.7 Å². The number of nitrogens with one attached hydrogen (secondary N) is 1. The molecule has 2 aliphatic heterocycles. The first-order chi connectivity index (χ1) is 11.7. The predicted octanol–water partition coefficient (Wildman–Crippen LogP) is 1.59. The number of nitrogens with zero attached hydrogens (tertiary/aromatic N) is 1. The number of hydrogen-bond donors (Lipinski definition) is 1. The minimum atomic E-state index is -0.257. The quantitative estimate of drug-likeness (QED) is 0.909. The molecule has 1 aromatic carbocycles. The molecular formula is C18H24N2O4. The minimum Gasteiger partial charge on any atom is -0.497 e. The molecule has 0 aliphatic carbocycles. The van der Waals surface area contributed by atoms with Crippen LogP contribution in [0.15, 0.2) is 24.3 Å². The van der Waals surface area contributed by atoms with Crippen molar-refractivity contribution in [1.29, 1.82) is 0 Å². The van der Waals surface area contributed by atoms with Gasteiger partial charge in [0.2, 0.25) is 0 Å². The summed E-state index contributed by atoms with van der Waals surface area (Å²) in [6.45, 7) is 2.02. The number of piperidine rings is 1. The monoisotopic (exact) mass is 332 g/mol. The summed E-state index contributed by atoms with van der Waals surface area (Å²) < 4.78 is 10.6. The number of rotatable bonds is 4. The Bertz CT molecular complexity index is 590. The first-order valence-electron chi connectivity index (χ1n) is 8.52. The van der Waals surface area contributed by atoms with Crippen molar-refractivity contribution in [2.45, 2.75) is 37.8 Å². The van der Waals surface area contributed by atoms with Crippen LogP contribution in [0.3, 0.4) is 0 Å². The van der Waals surface area contributed by atoms with E-state index in [2.05, 4.69) is 5.32 Å². The van der Waals surface area contributed by atoms with Crippen LogP contribution in [-0.4, -0.2) is 55.7 Å². The SMILES string of the molecule is COc1cccc(C(=O)NC2CCN(C(=O)C3CCCO3)CC2)c1. The second-order valence-electron chi connectivity index (χ2n) is 6.31. The third kappa shape index (κ3) is 3.87. The van der Waals surface area contributed by atoms with Gasteiger partial charge in [0.1, 0.15) is 11.9 Å². The summed E-state index contributed by atoms with van der Waals surface area (Å²) in [5.74, 6) is 0.669. The topological polar surface area (TPSA) is 67.9 Å². The smallest absolute Gasteiger partial charge is 0.251 e. The summed E-state index contributed by atoms with van der Waals surface area (Å²) in [7, 11) is 1.58. The molecule has 2 amide bonds. The molecule has 2 fully saturated rings. The normalized spacial score (nSPS) is 21.5. The van der Waals surface area contributed by atoms with Crippen LogP contribution in [0, 0.1) is 0 Å². The van der Waals surface area contributed by atoms with E-state index in [-0.39, 0.29) is 24.0 Å². The molecule has 0 radical (unpaired) electrons. The summed E-state index contributed by atoms with van der Waals surface area (Å²) >= 11 is 0. The first-order valence-corrected chi connectivity index (χ1v) is 8.52. The molecule has 0 aromatic heterocycles. The number of carbonyl (C=O) groups excluding carboxylic acids is 2. The molecule has 1 atom stereocenters. The van der Waals surface area contributed by atoms with Crippen molar-refractivity contribution in [3.05, 3.63) is 29.8 Å². The number of hydrogen-bond acceptors (Lipinski definition) is 4. The van der Waals surface area contributed by atoms with Crippen molar-refractivity contribution in [3.8, 4) is 5.75 Å². The molecule has 1 unspecified atom stereocenters. The van der Waals surface area contributed by atoms with Gasteiger partial charge in [-0.05, 0) is 43.9 Å². The molecular weight excluding hydrogens is 308 g/mol. The van der Waals surface area contributed by atoms with E-state index in [9.17, 15) is 9.59 Å². The Kier molecular flexibility index (Phi) is 5.35. The van der Waals surface area contributed by atoms with Crippen LogP contribution in [0.1, 0.15) is 36.0 Å². The van der Waals surface area contributed by atoms with Crippen molar-refractivity contribution in [2.75, 3.05) is 26.8 Å². The molecule has 1 aromatic rings. The van der Waals surface area contributed by atoms with Gasteiger partial charge in [0, 0.05) is 31.3 Å². The van der Waals surface area contributed by atoms with Crippen LogP contribution >= 0.6 is 0 Å². The lowest BCUT2D eigenvalue weighted by molar-refractivity contribution is -0.142. The fourth-order valence-corrected chi connectivity index (χ4v) is 3.25. The lowest BCUT2D eigenvalue weighted by Crippen LogP contribution is -2.49. The van der Waals surface area contributed by atoms with Gasteiger partial charge in [0.05, 0.1) is 7.11 Å². The number of ether oxygens (including phenoxy) is 2. The van der Waals surface area contributed by atoms with Crippen molar-refractivity contribution >= 4 is 11.8 Å². The fourth-order valence-electron chi connectivity index (χ4n) is 3.25. The van der Waals surface area contributed by atoms with Gasteiger partial charge >= 0.3 is 0 Å². The lowest BCUT2D eigenvalue weighted by Gasteiger charge is -2.33. The van der Waals surface area contributed by atoms with E-state index >= 15 is 0 Å². The van der Waals surface area contributed by atoms with Gasteiger partial charge in [-0.2, -0.15) is 0 Å². The fraction of sp³-hybridized carbons (Fsp3) is 0.556. The van der Waals surface area contributed by atoms with Crippen LogP contribution in [0.4, 0.5) is 0 Å². The van der Waals surface area contributed by atoms with Crippen molar-refractivity contribution in [2.24, 2.45) is 0 Å². The Hall–Kier alpha value is -2.08. The second kappa shape index (κ2) is 7.66. The maximum atomic E-state index is 12.3. The number of methoxy groups -OCH3 is 1. The Morgan fingerprint density at radius 3 is 2.71 bits per heavy atom. The van der Waals surface area contributed by atoms with Crippen molar-refractivity contribution in [1.82, 2.24) is 10.2 Å². The van der Waals surface area contributed by atoms with Crippen LogP contribution < -0.4 is 10.1 Å². The molecule has 6 heteroatoms. The largest absolute Gasteiger partial charge is 0.497 e. The minimum absolute atomic E-state index is 0.0947. The zero-order chi connectivity index (χ0) is 16.9. The maximum Gasteiger partial charge on any atom is 0.251 e. The number of benzene rings is 1. The van der Waals surface area contributed by atoms with E-state index in [0.29, 0.717) is 31.0 Å². The van der Waals surface area contributed by atoms with Crippen molar-refractivity contribution < 1.29 is 19.1 Å². The van der Waals surface area contributed by atoms with Crippen LogP contribution in [0.2, 0.25) is 0 Å². The molecule has 24 heavy (non-hydrogen) atoms. The summed E-state index contributed by atoms with van der Waals surface area (Å²) in [4.78, 5) is 26.5. The molecule has 2 aliphatic rings. The molecule has 2 heterocycles. The van der Waals surface area contributed by atoms with Gasteiger partial charge in [0.25, 0.3) is 11.8 Å². The average Bonchev–Trinajstić information content (AvgIpc) is 3.16. The standard InChI is InChI=1S/C18H24N2O4/c1-23-15-5-2-4-13(12-15)17(21)19-14-7-9-20(10-8-14)18(22)16-6-3-11-24-16/h2,4-5,12,14,16H,3,6-11H2,1H3,(H,19,21). The maximum absolute atomic E-state index is 12.3. The van der Waals surface area contributed by atoms with Gasteiger partial charge in [-0.25, -0.2) is 0 Å². The lowest BCUT2D eigenvalue weighted by atomic mass is 10.0. The summed E-state index contributed by atoms with van der Waals surface area (Å²) in [5, 5.41) is 3.05. The zero-order valence-electron chi connectivity index (χ0n) is 14.0. The molecule has 0 spiro atoms. The van der Waals surface area contributed by atoms with Gasteiger partial charge in [-0.15, -0.1) is 0 Å². The Labute approximate surface area is 142 Å². The number of amides is 2. The summed E-state index contributed by atoms with van der Waals surface area (Å²) in [5.41, 5.74) is 0.590. The molecule has 3 rings (SSSR count). The van der Waals surface area contributed by atoms with Gasteiger partial charge in [-0.3, -0.25) is 9.59 Å². The average molecular weight is 332 g/mol. The van der Waals surface area contributed by atoms with E-state index in [4.69, 9.17) is 9.47 Å². The van der Waals surface area contributed by atoms with Crippen LogP contribution in [-0.2, 0) is 9.53 Å². The van der Waals surface area contributed by atoms with E-state index in [1.54, 1.807) is 25.3 Å². The highest BCUT2D eigenvalue weighted by molar-refractivity contribution is 5.94. The molecule has 6 nitrogen and oxygen atoms in total. The van der Waals surface area contributed by atoms with E-state index in [1.165, 1.54) is 0 Å². The highest BCUT2D eigenvalue weighted by atomic mass is 16.5. The van der Waals surface area contributed by atoms with Crippen LogP contribution in [0.25, 0.3) is 0 Å². The third-order valence-electron chi connectivity index (χ3n) is 4.68. The van der Waals surface area contributed by atoms with E-state index < -0.39 is 0 Å².